The fourth-order valence-corrected chi connectivity index (χ4v) is 4.66. The zero-order valence-electron chi connectivity index (χ0n) is 17.8. The first-order valence-corrected chi connectivity index (χ1v) is 12.5. The van der Waals surface area contributed by atoms with Gasteiger partial charge in [0.25, 0.3) is 5.56 Å². The number of rotatable bonds is 6. The van der Waals surface area contributed by atoms with Crippen molar-refractivity contribution in [1.29, 1.82) is 0 Å². The number of nitrogens with zero attached hydrogens (tertiary/aromatic N) is 3. The lowest BCUT2D eigenvalue weighted by Gasteiger charge is -2.03. The molecule has 5 rings (SSSR count). The van der Waals surface area contributed by atoms with Crippen molar-refractivity contribution in [2.75, 3.05) is 0 Å². The van der Waals surface area contributed by atoms with E-state index in [0.29, 0.717) is 38.2 Å². The summed E-state index contributed by atoms with van der Waals surface area (Å²) in [5.74, 6) is 2.11. The van der Waals surface area contributed by atoms with E-state index in [4.69, 9.17) is 14.3 Å². The molecule has 5 aromatic rings. The standard InChI is InChI=1S/C23H18N4O5S2/c1-14-2-6-16(7-3-14)31-13-21-25-23-27(26-21)22(28)20(33-23)12-17-8-11-19(32-17)15-4-9-18(10-5-15)34(24,29)30/h2-12H,13H2,1H3,(H2,24,29,30)/b20-12-. The van der Waals surface area contributed by atoms with Gasteiger partial charge in [-0.25, -0.2) is 13.6 Å². The van der Waals surface area contributed by atoms with Gasteiger partial charge in [0.1, 0.15) is 28.4 Å². The molecule has 3 aromatic heterocycles. The Hall–Kier alpha value is -3.80. The molecule has 0 atom stereocenters. The van der Waals surface area contributed by atoms with Crippen molar-refractivity contribution in [3.8, 4) is 17.1 Å². The molecule has 2 aromatic carbocycles. The molecular formula is C23H18N4O5S2. The minimum atomic E-state index is -3.76. The van der Waals surface area contributed by atoms with E-state index in [0.717, 1.165) is 5.56 Å². The van der Waals surface area contributed by atoms with E-state index in [9.17, 15) is 13.2 Å². The van der Waals surface area contributed by atoms with E-state index in [1.807, 2.05) is 31.2 Å². The topological polar surface area (TPSA) is 130 Å². The number of sulfonamides is 1. The molecule has 0 aliphatic heterocycles. The molecule has 172 valence electrons. The van der Waals surface area contributed by atoms with E-state index >= 15 is 0 Å². The van der Waals surface area contributed by atoms with Gasteiger partial charge < -0.3 is 9.15 Å². The molecule has 3 heterocycles. The second-order valence-corrected chi connectivity index (χ2v) is 10.1. The number of primary sulfonamides is 1. The summed E-state index contributed by atoms with van der Waals surface area (Å²) in [7, 11) is -3.76. The SMILES string of the molecule is Cc1ccc(OCc2nc3s/c(=C\c4ccc(-c5ccc(S(N)(=O)=O)cc5)o4)c(=O)n3n2)cc1. The number of hydrogen-bond acceptors (Lipinski definition) is 8. The lowest BCUT2D eigenvalue weighted by molar-refractivity contribution is 0.296. The van der Waals surface area contributed by atoms with Crippen LogP contribution >= 0.6 is 11.3 Å². The molecule has 0 bridgehead atoms. The third-order valence-corrected chi connectivity index (χ3v) is 6.87. The van der Waals surface area contributed by atoms with Crippen LogP contribution in [0.15, 0.2) is 74.8 Å². The molecule has 0 amide bonds. The maximum Gasteiger partial charge on any atom is 0.291 e. The third-order valence-electron chi connectivity index (χ3n) is 4.98. The van der Waals surface area contributed by atoms with Crippen LogP contribution in [-0.2, 0) is 16.6 Å². The number of hydrogen-bond donors (Lipinski definition) is 1. The van der Waals surface area contributed by atoms with Crippen LogP contribution in [0.2, 0.25) is 0 Å². The monoisotopic (exact) mass is 494 g/mol. The van der Waals surface area contributed by atoms with Gasteiger partial charge in [0.05, 0.1) is 4.90 Å². The zero-order chi connectivity index (χ0) is 23.9. The third kappa shape index (κ3) is 4.49. The molecule has 0 aliphatic carbocycles. The molecule has 0 aliphatic rings. The predicted octanol–water partition coefficient (Wildman–Crippen LogP) is 2.49. The Morgan fingerprint density at radius 1 is 1.09 bits per heavy atom. The molecule has 0 radical (unpaired) electrons. The summed E-state index contributed by atoms with van der Waals surface area (Å²) in [6, 6.07) is 17.1. The fourth-order valence-electron chi connectivity index (χ4n) is 3.24. The molecule has 0 fully saturated rings. The summed E-state index contributed by atoms with van der Waals surface area (Å²) in [5, 5.41) is 9.38. The van der Waals surface area contributed by atoms with E-state index < -0.39 is 10.0 Å². The number of fused-ring (bicyclic) bond motifs is 1. The number of thiazole rings is 1. The highest BCUT2D eigenvalue weighted by atomic mass is 32.2. The molecule has 2 N–H and O–H groups in total. The highest BCUT2D eigenvalue weighted by Gasteiger charge is 2.13. The van der Waals surface area contributed by atoms with Crippen LogP contribution in [0.1, 0.15) is 17.1 Å². The first-order chi connectivity index (χ1) is 16.3. The maximum atomic E-state index is 12.8. The zero-order valence-corrected chi connectivity index (χ0v) is 19.5. The van der Waals surface area contributed by atoms with Gasteiger partial charge in [-0.05, 0) is 55.5 Å². The van der Waals surface area contributed by atoms with Crippen LogP contribution in [0.3, 0.4) is 0 Å². The predicted molar refractivity (Wildman–Crippen MR) is 127 cm³/mol. The van der Waals surface area contributed by atoms with E-state index in [2.05, 4.69) is 10.1 Å². The van der Waals surface area contributed by atoms with Crippen molar-refractivity contribution in [2.24, 2.45) is 5.14 Å². The van der Waals surface area contributed by atoms with Crippen LogP contribution in [0.5, 0.6) is 5.75 Å². The number of benzene rings is 2. The normalized spacial score (nSPS) is 12.5. The lowest BCUT2D eigenvalue weighted by Crippen LogP contribution is -2.23. The van der Waals surface area contributed by atoms with Crippen molar-refractivity contribution >= 4 is 32.4 Å². The van der Waals surface area contributed by atoms with Crippen LogP contribution < -0.4 is 20.0 Å². The smallest absolute Gasteiger partial charge is 0.291 e. The van der Waals surface area contributed by atoms with Gasteiger partial charge in [0, 0.05) is 11.6 Å². The van der Waals surface area contributed by atoms with Gasteiger partial charge in [-0.2, -0.15) is 9.50 Å². The van der Waals surface area contributed by atoms with Crippen molar-refractivity contribution in [3.63, 3.8) is 0 Å². The number of aromatic nitrogens is 3. The van der Waals surface area contributed by atoms with Gasteiger partial charge in [0.2, 0.25) is 15.0 Å². The number of aryl methyl sites for hydroxylation is 1. The molecule has 9 nitrogen and oxygen atoms in total. The molecule has 11 heteroatoms. The largest absolute Gasteiger partial charge is 0.486 e. The van der Waals surface area contributed by atoms with Crippen LogP contribution in [0.4, 0.5) is 0 Å². The van der Waals surface area contributed by atoms with Gasteiger partial charge in [-0.1, -0.05) is 29.0 Å². The Morgan fingerprint density at radius 2 is 1.82 bits per heavy atom. The Bertz CT molecular complexity index is 1700. The minimum absolute atomic E-state index is 0.0173. The number of nitrogens with two attached hydrogens (primary N) is 1. The van der Waals surface area contributed by atoms with Crippen molar-refractivity contribution < 1.29 is 17.6 Å². The molecule has 0 saturated carbocycles. The average molecular weight is 495 g/mol. The van der Waals surface area contributed by atoms with Crippen LogP contribution in [0, 0.1) is 6.92 Å². The molecule has 34 heavy (non-hydrogen) atoms. The molecular weight excluding hydrogens is 476 g/mol. The maximum absolute atomic E-state index is 12.8. The Labute approximate surface area is 197 Å². The quantitative estimate of drug-likeness (QED) is 0.384. The number of furan rings is 1. The highest BCUT2D eigenvalue weighted by Crippen LogP contribution is 2.24. The Balaban J connectivity index is 1.36. The fraction of sp³-hybridized carbons (Fsp3) is 0.0870. The van der Waals surface area contributed by atoms with Crippen LogP contribution in [-0.4, -0.2) is 23.0 Å². The average Bonchev–Trinajstić information content (AvgIpc) is 3.50. The van der Waals surface area contributed by atoms with Crippen molar-refractivity contribution in [1.82, 2.24) is 14.6 Å². The summed E-state index contributed by atoms with van der Waals surface area (Å²) in [6.45, 7) is 2.15. The summed E-state index contributed by atoms with van der Waals surface area (Å²) in [4.78, 5) is 17.6. The van der Waals surface area contributed by atoms with E-state index in [1.165, 1.54) is 28.0 Å². The molecule has 0 unspecified atom stereocenters. The van der Waals surface area contributed by atoms with Gasteiger partial charge in [0.15, 0.2) is 5.82 Å². The first-order valence-electron chi connectivity index (χ1n) is 10.1. The van der Waals surface area contributed by atoms with Crippen LogP contribution in [0.25, 0.3) is 22.4 Å². The summed E-state index contributed by atoms with van der Waals surface area (Å²) in [5.41, 5.74) is 1.51. The lowest BCUT2D eigenvalue weighted by atomic mass is 10.2. The summed E-state index contributed by atoms with van der Waals surface area (Å²) >= 11 is 1.20. The highest BCUT2D eigenvalue weighted by molar-refractivity contribution is 7.89. The second kappa shape index (κ2) is 8.52. The van der Waals surface area contributed by atoms with Gasteiger partial charge in [-0.15, -0.1) is 5.10 Å². The summed E-state index contributed by atoms with van der Waals surface area (Å²) in [6.07, 6.45) is 1.62. The number of ether oxygens (including phenoxy) is 1. The van der Waals surface area contributed by atoms with Crippen molar-refractivity contribution in [2.45, 2.75) is 18.4 Å². The van der Waals surface area contributed by atoms with Gasteiger partial charge >= 0.3 is 0 Å². The van der Waals surface area contributed by atoms with E-state index in [-0.39, 0.29) is 17.1 Å². The molecule has 0 spiro atoms. The minimum Gasteiger partial charge on any atom is -0.486 e. The second-order valence-electron chi connectivity index (χ2n) is 7.51. The molecule has 0 saturated heterocycles. The first kappa shape index (κ1) is 22.0. The Morgan fingerprint density at radius 3 is 2.50 bits per heavy atom. The van der Waals surface area contributed by atoms with Crippen molar-refractivity contribution in [3.05, 3.63) is 92.7 Å². The van der Waals surface area contributed by atoms with Gasteiger partial charge in [-0.3, -0.25) is 4.79 Å². The Kier molecular flexibility index (Phi) is 5.52. The van der Waals surface area contributed by atoms with E-state index in [1.54, 1.807) is 30.3 Å². The summed E-state index contributed by atoms with van der Waals surface area (Å²) < 4.78 is 36.0.